The van der Waals surface area contributed by atoms with Gasteiger partial charge in [-0.05, 0) is 25.9 Å². The minimum atomic E-state index is -0.208. The Morgan fingerprint density at radius 3 is 2.50 bits per heavy atom. The third-order valence-electron chi connectivity index (χ3n) is 1.90. The summed E-state index contributed by atoms with van der Waals surface area (Å²) >= 11 is 0. The van der Waals surface area contributed by atoms with Gasteiger partial charge in [0.05, 0.1) is 0 Å². The van der Waals surface area contributed by atoms with Crippen molar-refractivity contribution in [2.75, 3.05) is 39.3 Å². The lowest BCUT2D eigenvalue weighted by atomic mass is 10.4. The molecule has 4 nitrogen and oxygen atoms in total. The van der Waals surface area contributed by atoms with Gasteiger partial charge in [0, 0.05) is 32.8 Å². The molecule has 0 aromatic heterocycles. The summed E-state index contributed by atoms with van der Waals surface area (Å²) in [6, 6.07) is 1.29. The number of nitrogens with one attached hydrogen (secondary N) is 2. The average Bonchev–Trinajstić information content (AvgIpc) is 2.21. The van der Waals surface area contributed by atoms with E-state index >= 15 is 0 Å². The smallest absolute Gasteiger partial charge is 0.161 e. The van der Waals surface area contributed by atoms with E-state index in [-0.39, 0.29) is 9.76 Å². The predicted octanol–water partition coefficient (Wildman–Crippen LogP) is -0.947. The molecule has 0 amide bonds. The monoisotopic (exact) mass is 219 g/mol. The molecule has 0 spiro atoms. The zero-order valence-corrected chi connectivity index (χ0v) is 10.8. The average molecular weight is 219 g/mol. The number of nitrogens with two attached hydrogens (primary N) is 1. The van der Waals surface area contributed by atoms with E-state index in [2.05, 4.69) is 17.6 Å². The Hall–Kier alpha value is 0.0569. The van der Waals surface area contributed by atoms with Gasteiger partial charge in [0.15, 0.2) is 9.76 Å². The zero-order chi connectivity index (χ0) is 10.5. The van der Waals surface area contributed by atoms with Gasteiger partial charge < -0.3 is 20.8 Å². The highest BCUT2D eigenvalue weighted by molar-refractivity contribution is 6.26. The lowest BCUT2D eigenvalue weighted by Gasteiger charge is -2.05. The lowest BCUT2D eigenvalue weighted by molar-refractivity contribution is 0.359. The van der Waals surface area contributed by atoms with Crippen LogP contribution in [0.2, 0.25) is 6.04 Å². The first kappa shape index (κ1) is 14.1. The number of hydrogen-bond donors (Lipinski definition) is 3. The standard InChI is InChI=1S/C9H25N3OSi/c1-2-13-14-9-3-5-11-7-8-12-6-4-10/h11-12H,2-10,14H2,1H3. The first-order valence-corrected chi connectivity index (χ1v) is 7.18. The van der Waals surface area contributed by atoms with Gasteiger partial charge >= 0.3 is 0 Å². The summed E-state index contributed by atoms with van der Waals surface area (Å²) in [5.41, 5.74) is 5.35. The van der Waals surface area contributed by atoms with Crippen molar-refractivity contribution in [2.45, 2.75) is 19.4 Å². The molecule has 5 heteroatoms. The molecule has 0 rings (SSSR count). The second-order valence-electron chi connectivity index (χ2n) is 3.19. The van der Waals surface area contributed by atoms with Crippen molar-refractivity contribution in [1.82, 2.24) is 10.6 Å². The molecule has 86 valence electrons. The third-order valence-corrected chi connectivity index (χ3v) is 3.38. The summed E-state index contributed by atoms with van der Waals surface area (Å²) < 4.78 is 5.38. The van der Waals surface area contributed by atoms with Gasteiger partial charge in [0.25, 0.3) is 0 Å². The van der Waals surface area contributed by atoms with Crippen molar-refractivity contribution in [2.24, 2.45) is 5.73 Å². The molecular formula is C9H25N3OSi. The molecule has 0 aliphatic carbocycles. The van der Waals surface area contributed by atoms with Crippen LogP contribution in [0.1, 0.15) is 13.3 Å². The molecule has 0 fully saturated rings. The minimum Gasteiger partial charge on any atom is -0.424 e. The highest BCUT2D eigenvalue weighted by atomic mass is 28.2. The molecule has 0 aliphatic heterocycles. The van der Waals surface area contributed by atoms with Crippen LogP contribution in [0.3, 0.4) is 0 Å². The molecule has 0 atom stereocenters. The van der Waals surface area contributed by atoms with Crippen LogP contribution in [-0.4, -0.2) is 49.1 Å². The maximum Gasteiger partial charge on any atom is 0.161 e. The van der Waals surface area contributed by atoms with E-state index in [4.69, 9.17) is 10.2 Å². The van der Waals surface area contributed by atoms with Crippen molar-refractivity contribution >= 4 is 9.76 Å². The van der Waals surface area contributed by atoms with Crippen LogP contribution in [0.25, 0.3) is 0 Å². The lowest BCUT2D eigenvalue weighted by Crippen LogP contribution is -2.31. The third kappa shape index (κ3) is 12.1. The fourth-order valence-electron chi connectivity index (χ4n) is 1.13. The van der Waals surface area contributed by atoms with Crippen molar-refractivity contribution in [3.8, 4) is 0 Å². The van der Waals surface area contributed by atoms with Crippen LogP contribution in [0, 0.1) is 0 Å². The van der Waals surface area contributed by atoms with Crippen LogP contribution in [0.4, 0.5) is 0 Å². The van der Waals surface area contributed by atoms with Gasteiger partial charge in [-0.3, -0.25) is 0 Å². The van der Waals surface area contributed by atoms with E-state index in [0.717, 1.165) is 39.3 Å². The molecule has 0 aromatic rings. The van der Waals surface area contributed by atoms with Crippen molar-refractivity contribution in [3.63, 3.8) is 0 Å². The Bertz CT molecular complexity index is 94.1. The summed E-state index contributed by atoms with van der Waals surface area (Å²) in [7, 11) is -0.208. The number of rotatable bonds is 11. The maximum absolute atomic E-state index is 5.38. The highest BCUT2D eigenvalue weighted by Gasteiger charge is 1.90. The molecule has 0 saturated carbocycles. The van der Waals surface area contributed by atoms with Crippen molar-refractivity contribution < 1.29 is 4.43 Å². The van der Waals surface area contributed by atoms with E-state index in [1.807, 2.05) is 0 Å². The predicted molar refractivity (Wildman–Crippen MR) is 64.4 cm³/mol. The van der Waals surface area contributed by atoms with E-state index in [1.54, 1.807) is 0 Å². The first-order valence-electron chi connectivity index (χ1n) is 5.61. The Balaban J connectivity index is 2.78. The fourth-order valence-corrected chi connectivity index (χ4v) is 2.07. The highest BCUT2D eigenvalue weighted by Crippen LogP contribution is 1.86. The number of hydrogen-bond acceptors (Lipinski definition) is 4. The fraction of sp³-hybridized carbons (Fsp3) is 1.00. The van der Waals surface area contributed by atoms with Crippen molar-refractivity contribution in [1.29, 1.82) is 0 Å². The van der Waals surface area contributed by atoms with Crippen LogP contribution in [-0.2, 0) is 4.43 Å². The Labute approximate surface area is 89.9 Å². The molecule has 0 aliphatic rings. The Kier molecular flexibility index (Phi) is 13.1. The largest absolute Gasteiger partial charge is 0.424 e. The van der Waals surface area contributed by atoms with E-state index in [9.17, 15) is 0 Å². The molecule has 0 bridgehead atoms. The van der Waals surface area contributed by atoms with Gasteiger partial charge in [-0.2, -0.15) is 0 Å². The second-order valence-corrected chi connectivity index (χ2v) is 4.72. The zero-order valence-electron chi connectivity index (χ0n) is 9.35. The van der Waals surface area contributed by atoms with E-state index < -0.39 is 0 Å². The molecule has 0 aromatic carbocycles. The molecule has 0 unspecified atom stereocenters. The summed E-state index contributed by atoms with van der Waals surface area (Å²) in [5, 5.41) is 6.63. The van der Waals surface area contributed by atoms with Gasteiger partial charge in [0.1, 0.15) is 0 Å². The summed E-state index contributed by atoms with van der Waals surface area (Å²) in [6.45, 7) is 7.76. The van der Waals surface area contributed by atoms with Gasteiger partial charge in [-0.25, -0.2) is 0 Å². The first-order chi connectivity index (χ1) is 6.91. The van der Waals surface area contributed by atoms with Crippen LogP contribution in [0.15, 0.2) is 0 Å². The quantitative estimate of drug-likeness (QED) is 0.310. The Morgan fingerprint density at radius 2 is 1.86 bits per heavy atom. The second kappa shape index (κ2) is 13.1. The summed E-state index contributed by atoms with van der Waals surface area (Å²) in [5.74, 6) is 0. The summed E-state index contributed by atoms with van der Waals surface area (Å²) in [6.07, 6.45) is 1.25. The van der Waals surface area contributed by atoms with E-state index in [1.165, 1.54) is 12.5 Å². The molecule has 0 heterocycles. The molecule has 0 saturated heterocycles. The molecular weight excluding hydrogens is 194 g/mol. The minimum absolute atomic E-state index is 0.208. The van der Waals surface area contributed by atoms with Crippen LogP contribution >= 0.6 is 0 Å². The maximum atomic E-state index is 5.38. The van der Waals surface area contributed by atoms with Gasteiger partial charge in [-0.15, -0.1) is 0 Å². The van der Waals surface area contributed by atoms with Crippen molar-refractivity contribution in [3.05, 3.63) is 0 Å². The summed E-state index contributed by atoms with van der Waals surface area (Å²) in [4.78, 5) is 0. The molecule has 14 heavy (non-hydrogen) atoms. The molecule has 0 radical (unpaired) electrons. The normalized spacial score (nSPS) is 11.6. The van der Waals surface area contributed by atoms with Crippen LogP contribution < -0.4 is 16.4 Å². The van der Waals surface area contributed by atoms with E-state index in [0.29, 0.717) is 0 Å². The Morgan fingerprint density at radius 1 is 1.14 bits per heavy atom. The van der Waals surface area contributed by atoms with Gasteiger partial charge in [-0.1, -0.05) is 0 Å². The SMILES string of the molecule is CCO[SiH2]CCCNCCNCCN. The topological polar surface area (TPSA) is 59.3 Å². The van der Waals surface area contributed by atoms with Crippen LogP contribution in [0.5, 0.6) is 0 Å². The van der Waals surface area contributed by atoms with Gasteiger partial charge in [0.2, 0.25) is 0 Å². The molecule has 4 N–H and O–H groups in total.